The fraction of sp³-hybridized carbons (Fsp3) is 0.208. The number of anilines is 1. The first-order valence-corrected chi connectivity index (χ1v) is 11.2. The molecule has 9 heteroatoms. The van der Waals surface area contributed by atoms with E-state index >= 15 is 0 Å². The summed E-state index contributed by atoms with van der Waals surface area (Å²) < 4.78 is 1.78. The summed E-state index contributed by atoms with van der Waals surface area (Å²) in [4.78, 5) is 18.8. The molecule has 0 aliphatic carbocycles. The topological polar surface area (TPSA) is 74.6 Å². The van der Waals surface area contributed by atoms with E-state index in [9.17, 15) is 4.79 Å². The van der Waals surface area contributed by atoms with Gasteiger partial charge in [-0.3, -0.25) is 4.79 Å². The van der Waals surface area contributed by atoms with Crippen molar-refractivity contribution < 1.29 is 4.79 Å². The van der Waals surface area contributed by atoms with Gasteiger partial charge in [-0.15, -0.1) is 5.10 Å². The van der Waals surface area contributed by atoms with E-state index in [2.05, 4.69) is 20.7 Å². The number of amides is 1. The van der Waals surface area contributed by atoms with Crippen LogP contribution < -0.4 is 10.6 Å². The van der Waals surface area contributed by atoms with Crippen molar-refractivity contribution in [1.29, 1.82) is 0 Å². The Morgan fingerprint density at radius 2 is 1.82 bits per heavy atom. The molecule has 170 valence electrons. The van der Waals surface area contributed by atoms with Gasteiger partial charge in [0.15, 0.2) is 5.65 Å². The fourth-order valence-corrected chi connectivity index (χ4v) is 3.61. The van der Waals surface area contributed by atoms with Crippen LogP contribution in [0.4, 0.5) is 5.82 Å². The number of nitrogens with zero attached hydrogens (tertiary/aromatic N) is 4. The molecule has 0 atom stereocenters. The summed E-state index contributed by atoms with van der Waals surface area (Å²) in [7, 11) is 3.94. The summed E-state index contributed by atoms with van der Waals surface area (Å²) in [6.45, 7) is 1.94. The van der Waals surface area contributed by atoms with Crippen LogP contribution in [0, 0.1) is 0 Å². The molecule has 2 aromatic carbocycles. The van der Waals surface area contributed by atoms with E-state index < -0.39 is 0 Å². The monoisotopic (exact) mass is 482 g/mol. The van der Waals surface area contributed by atoms with Crippen LogP contribution in [-0.4, -0.2) is 52.6 Å². The van der Waals surface area contributed by atoms with Crippen molar-refractivity contribution in [2.75, 3.05) is 32.5 Å². The minimum Gasteiger partial charge on any atom is -0.365 e. The molecule has 0 saturated carbocycles. The van der Waals surface area contributed by atoms with Crippen LogP contribution in [0.25, 0.3) is 16.9 Å². The van der Waals surface area contributed by atoms with Crippen LogP contribution in [0.2, 0.25) is 10.0 Å². The molecule has 0 aliphatic rings. The average molecular weight is 483 g/mol. The Kier molecular flexibility index (Phi) is 7.13. The van der Waals surface area contributed by atoms with Gasteiger partial charge in [0.1, 0.15) is 5.82 Å². The third-order valence-electron chi connectivity index (χ3n) is 5.11. The third-order valence-corrected chi connectivity index (χ3v) is 5.85. The number of fused-ring (bicyclic) bond motifs is 1. The minimum absolute atomic E-state index is 0.0894. The van der Waals surface area contributed by atoms with Gasteiger partial charge in [0.25, 0.3) is 5.91 Å². The minimum atomic E-state index is -0.0894. The Labute approximate surface area is 202 Å². The van der Waals surface area contributed by atoms with E-state index in [4.69, 9.17) is 23.2 Å². The Bertz CT molecular complexity index is 1270. The number of hydrogen-bond acceptors (Lipinski definition) is 5. The normalized spacial score (nSPS) is 11.2. The van der Waals surface area contributed by atoms with E-state index in [0.29, 0.717) is 34.5 Å². The number of likely N-dealkylation sites (N-methyl/N-ethyl adjacent to an activating group) is 1. The van der Waals surface area contributed by atoms with Crippen LogP contribution in [-0.2, 0) is 6.54 Å². The second-order valence-corrected chi connectivity index (χ2v) is 8.68. The van der Waals surface area contributed by atoms with Gasteiger partial charge in [-0.1, -0.05) is 41.4 Å². The van der Waals surface area contributed by atoms with Crippen molar-refractivity contribution in [2.45, 2.75) is 6.54 Å². The van der Waals surface area contributed by atoms with Gasteiger partial charge in [-0.2, -0.15) is 0 Å². The second-order valence-electron chi connectivity index (χ2n) is 7.87. The van der Waals surface area contributed by atoms with Crippen molar-refractivity contribution in [3.63, 3.8) is 0 Å². The highest BCUT2D eigenvalue weighted by atomic mass is 35.5. The summed E-state index contributed by atoms with van der Waals surface area (Å²) in [6.07, 6.45) is 1.78. The lowest BCUT2D eigenvalue weighted by Gasteiger charge is -2.10. The van der Waals surface area contributed by atoms with Crippen molar-refractivity contribution in [3.8, 4) is 11.3 Å². The summed E-state index contributed by atoms with van der Waals surface area (Å²) in [5.41, 5.74) is 4.10. The lowest BCUT2D eigenvalue weighted by molar-refractivity contribution is 0.0951. The summed E-state index contributed by atoms with van der Waals surface area (Å²) in [5.74, 6) is 0.609. The maximum atomic E-state index is 12.3. The van der Waals surface area contributed by atoms with Gasteiger partial charge >= 0.3 is 0 Å². The Hall–Kier alpha value is -3.13. The van der Waals surface area contributed by atoms with E-state index in [1.807, 2.05) is 67.5 Å². The molecule has 0 fully saturated rings. The summed E-state index contributed by atoms with van der Waals surface area (Å²) in [5, 5.41) is 12.0. The maximum Gasteiger partial charge on any atom is 0.251 e. The summed E-state index contributed by atoms with van der Waals surface area (Å²) in [6, 6.07) is 16.7. The number of nitrogens with one attached hydrogen (secondary N) is 2. The molecule has 7 nitrogen and oxygen atoms in total. The van der Waals surface area contributed by atoms with Gasteiger partial charge in [0.05, 0.1) is 21.9 Å². The van der Waals surface area contributed by atoms with Gasteiger partial charge in [-0.25, -0.2) is 9.50 Å². The van der Waals surface area contributed by atoms with Crippen LogP contribution >= 0.6 is 23.2 Å². The molecule has 2 N–H and O–H groups in total. The Balaban J connectivity index is 1.48. The van der Waals surface area contributed by atoms with E-state index in [-0.39, 0.29) is 5.91 Å². The molecule has 0 aliphatic heterocycles. The fourth-order valence-electron chi connectivity index (χ4n) is 3.29. The molecule has 4 aromatic rings. The predicted octanol–water partition coefficient (Wildman–Crippen LogP) is 4.61. The molecule has 4 rings (SSSR count). The Morgan fingerprint density at radius 3 is 2.55 bits per heavy atom. The highest BCUT2D eigenvalue weighted by Gasteiger charge is 2.10. The number of aromatic nitrogens is 3. The number of rotatable bonds is 8. The van der Waals surface area contributed by atoms with Gasteiger partial charge in [0, 0.05) is 30.8 Å². The lowest BCUT2D eigenvalue weighted by atomic mass is 10.1. The number of benzene rings is 2. The largest absolute Gasteiger partial charge is 0.365 e. The Morgan fingerprint density at radius 1 is 1.03 bits per heavy atom. The zero-order chi connectivity index (χ0) is 23.4. The van der Waals surface area contributed by atoms with Crippen LogP contribution in [0.5, 0.6) is 0 Å². The molecule has 0 saturated heterocycles. The number of halogens is 2. The first-order valence-electron chi connectivity index (χ1n) is 10.5. The van der Waals surface area contributed by atoms with Crippen molar-refractivity contribution in [3.05, 3.63) is 82.0 Å². The second kappa shape index (κ2) is 10.2. The molecule has 0 bridgehead atoms. The molecular formula is C24H24Cl2N6O. The third kappa shape index (κ3) is 5.63. The van der Waals surface area contributed by atoms with Crippen molar-refractivity contribution in [1.82, 2.24) is 24.8 Å². The molecule has 33 heavy (non-hydrogen) atoms. The number of imidazole rings is 1. The lowest BCUT2D eigenvalue weighted by Crippen LogP contribution is -2.31. The molecule has 0 spiro atoms. The molecular weight excluding hydrogens is 459 g/mol. The zero-order valence-corrected chi connectivity index (χ0v) is 19.9. The van der Waals surface area contributed by atoms with Gasteiger partial charge in [0.2, 0.25) is 0 Å². The zero-order valence-electron chi connectivity index (χ0n) is 18.3. The average Bonchev–Trinajstić information content (AvgIpc) is 3.23. The molecule has 2 aromatic heterocycles. The summed E-state index contributed by atoms with van der Waals surface area (Å²) >= 11 is 12.1. The van der Waals surface area contributed by atoms with Gasteiger partial charge in [-0.05, 0) is 56.1 Å². The van der Waals surface area contributed by atoms with Crippen LogP contribution in [0.1, 0.15) is 15.9 Å². The highest BCUT2D eigenvalue weighted by Crippen LogP contribution is 2.24. The smallest absolute Gasteiger partial charge is 0.251 e. The van der Waals surface area contributed by atoms with E-state index in [1.165, 1.54) is 0 Å². The predicted molar refractivity (Wildman–Crippen MR) is 133 cm³/mol. The number of hydrogen-bond donors (Lipinski definition) is 2. The number of carbonyl (C=O) groups excluding carboxylic acids is 1. The first-order chi connectivity index (χ1) is 15.9. The first kappa shape index (κ1) is 23.0. The SMILES string of the molecule is CN(C)CCNC(=O)c1ccc(-c2cnc3ccc(NCc4ccc(Cl)c(Cl)c4)nn23)cc1. The van der Waals surface area contributed by atoms with Crippen molar-refractivity contribution in [2.24, 2.45) is 0 Å². The number of carbonyl (C=O) groups is 1. The van der Waals surface area contributed by atoms with E-state index in [0.717, 1.165) is 29.0 Å². The maximum absolute atomic E-state index is 12.3. The quantitative estimate of drug-likeness (QED) is 0.383. The molecule has 2 heterocycles. The van der Waals surface area contributed by atoms with Crippen LogP contribution in [0.3, 0.4) is 0 Å². The molecule has 1 amide bonds. The van der Waals surface area contributed by atoms with Crippen LogP contribution in [0.15, 0.2) is 60.8 Å². The highest BCUT2D eigenvalue weighted by molar-refractivity contribution is 6.42. The standard InChI is InChI=1S/C24H24Cl2N6O/c1-31(2)12-11-27-24(33)18-6-4-17(5-7-18)21-15-29-23-10-9-22(30-32(21)23)28-14-16-3-8-19(25)20(26)13-16/h3-10,13,15H,11-12,14H2,1-2H3,(H,27,33)(H,28,30). The molecule has 0 radical (unpaired) electrons. The molecule has 0 unspecified atom stereocenters. The van der Waals surface area contributed by atoms with E-state index in [1.54, 1.807) is 16.8 Å². The van der Waals surface area contributed by atoms with Crippen molar-refractivity contribution >= 4 is 40.6 Å². The van der Waals surface area contributed by atoms with Gasteiger partial charge < -0.3 is 15.5 Å².